The van der Waals surface area contributed by atoms with Crippen LogP contribution in [0.1, 0.15) is 5.89 Å². The van der Waals surface area contributed by atoms with Crippen LogP contribution < -0.4 is 10.1 Å². The number of carbonyl (C=O) groups is 1. The summed E-state index contributed by atoms with van der Waals surface area (Å²) in [6.07, 6.45) is -0.00297. The van der Waals surface area contributed by atoms with Gasteiger partial charge in [0.05, 0.1) is 6.42 Å². The molecule has 0 aliphatic rings. The monoisotopic (exact) mass is 352 g/mol. The number of anilines is 1. The van der Waals surface area contributed by atoms with Gasteiger partial charge >= 0.3 is 5.97 Å². The van der Waals surface area contributed by atoms with Gasteiger partial charge in [0.25, 0.3) is 0 Å². The Labute approximate surface area is 149 Å². The molecule has 2 aromatic heterocycles. The fourth-order valence-corrected chi connectivity index (χ4v) is 2.11. The maximum Gasteiger partial charge on any atom is 0.331 e. The Morgan fingerprint density at radius 1 is 1.23 bits per heavy atom. The van der Waals surface area contributed by atoms with Crippen LogP contribution in [-0.4, -0.2) is 33.2 Å². The van der Waals surface area contributed by atoms with Crippen LogP contribution in [-0.2, 0) is 11.2 Å². The molecule has 0 radical (unpaired) electrons. The summed E-state index contributed by atoms with van der Waals surface area (Å²) >= 11 is 0. The molecular weight excluding hydrogens is 336 g/mol. The molecule has 2 heterocycles. The first-order valence-corrected chi connectivity index (χ1v) is 7.72. The molecule has 0 aliphatic carbocycles. The third-order valence-electron chi connectivity index (χ3n) is 3.45. The number of ether oxygens (including phenoxy) is 1. The second-order valence-corrected chi connectivity index (χ2v) is 5.33. The molecule has 3 aromatic rings. The maximum atomic E-state index is 10.8. The number of hydrogen-bond acceptors (Lipinski definition) is 7. The van der Waals surface area contributed by atoms with Crippen LogP contribution in [0.5, 0.6) is 11.6 Å². The van der Waals surface area contributed by atoms with Gasteiger partial charge in [0.1, 0.15) is 11.6 Å². The summed E-state index contributed by atoms with van der Waals surface area (Å²) in [6, 6.07) is 12.5. The van der Waals surface area contributed by atoms with Gasteiger partial charge in [-0.3, -0.25) is 0 Å². The predicted octanol–water partition coefficient (Wildman–Crippen LogP) is 3.15. The normalized spacial score (nSPS) is 10.3. The molecule has 8 nitrogen and oxygen atoms in total. The van der Waals surface area contributed by atoms with E-state index in [2.05, 4.69) is 27.0 Å². The molecule has 3 rings (SSSR count). The third-order valence-corrected chi connectivity index (χ3v) is 3.45. The topological polar surface area (TPSA) is 110 Å². The molecule has 8 heteroatoms. The molecule has 2 N–H and O–H groups in total. The van der Waals surface area contributed by atoms with E-state index in [1.807, 2.05) is 12.1 Å². The highest BCUT2D eigenvalue weighted by molar-refractivity contribution is 5.86. The van der Waals surface area contributed by atoms with Crippen LogP contribution in [0.4, 0.5) is 5.82 Å². The van der Waals surface area contributed by atoms with Crippen LogP contribution in [0.25, 0.3) is 11.4 Å². The molecule has 0 fully saturated rings. The Bertz CT molecular complexity index is 934. The van der Waals surface area contributed by atoms with Gasteiger partial charge < -0.3 is 19.7 Å². The number of carboxylic acids is 1. The number of aromatic nitrogens is 3. The van der Waals surface area contributed by atoms with Gasteiger partial charge in [-0.05, 0) is 30.3 Å². The van der Waals surface area contributed by atoms with Gasteiger partial charge in [-0.2, -0.15) is 9.97 Å². The van der Waals surface area contributed by atoms with E-state index in [1.54, 1.807) is 37.4 Å². The lowest BCUT2D eigenvalue weighted by molar-refractivity contribution is -0.132. The highest BCUT2D eigenvalue weighted by atomic mass is 16.5. The second-order valence-electron chi connectivity index (χ2n) is 5.33. The maximum absolute atomic E-state index is 10.8. The zero-order chi connectivity index (χ0) is 18.5. The van der Waals surface area contributed by atoms with Crippen molar-refractivity contribution in [1.29, 1.82) is 0 Å². The van der Waals surface area contributed by atoms with Crippen LogP contribution in [0.3, 0.4) is 0 Å². The molecule has 0 aliphatic heterocycles. The summed E-state index contributed by atoms with van der Waals surface area (Å²) in [7, 11) is 1.78. The Balaban J connectivity index is 1.70. The van der Waals surface area contributed by atoms with Gasteiger partial charge in [0.15, 0.2) is 0 Å². The summed E-state index contributed by atoms with van der Waals surface area (Å²) in [4.78, 5) is 19.3. The van der Waals surface area contributed by atoms with E-state index in [-0.39, 0.29) is 17.9 Å². The van der Waals surface area contributed by atoms with E-state index in [1.165, 1.54) is 0 Å². The number of carboxylic acid groups (broad SMARTS) is 1. The van der Waals surface area contributed by atoms with Crippen molar-refractivity contribution in [2.24, 2.45) is 0 Å². The summed E-state index contributed by atoms with van der Waals surface area (Å²) in [5.74, 6) is 1.25. The Morgan fingerprint density at radius 2 is 2.00 bits per heavy atom. The van der Waals surface area contributed by atoms with Crippen molar-refractivity contribution in [2.45, 2.75) is 6.42 Å². The predicted molar refractivity (Wildman–Crippen MR) is 94.1 cm³/mol. The molecule has 26 heavy (non-hydrogen) atoms. The van der Waals surface area contributed by atoms with E-state index in [9.17, 15) is 4.79 Å². The van der Waals surface area contributed by atoms with Crippen molar-refractivity contribution in [1.82, 2.24) is 15.1 Å². The number of rotatable bonds is 7. The zero-order valence-electron chi connectivity index (χ0n) is 14.0. The molecule has 0 saturated carbocycles. The first-order valence-electron chi connectivity index (χ1n) is 7.72. The second kappa shape index (κ2) is 7.47. The van der Waals surface area contributed by atoms with E-state index >= 15 is 0 Å². The lowest BCUT2D eigenvalue weighted by atomic mass is 10.2. The SMILES string of the molecule is C=C(Cc1nc(-c2ccc(Oc3cccc(NC)n3)cc2)no1)C(=O)O. The average molecular weight is 352 g/mol. The Kier molecular flexibility index (Phi) is 4.93. The van der Waals surface area contributed by atoms with Gasteiger partial charge in [0.2, 0.25) is 17.6 Å². The van der Waals surface area contributed by atoms with Gasteiger partial charge in [0, 0.05) is 24.3 Å². The van der Waals surface area contributed by atoms with E-state index in [0.717, 1.165) is 0 Å². The van der Waals surface area contributed by atoms with Gasteiger partial charge in [-0.1, -0.05) is 17.8 Å². The number of nitrogens with one attached hydrogen (secondary N) is 1. The molecular formula is C18H16N4O4. The lowest BCUT2D eigenvalue weighted by Crippen LogP contribution is -2.02. The lowest BCUT2D eigenvalue weighted by Gasteiger charge is -2.06. The van der Waals surface area contributed by atoms with Crippen molar-refractivity contribution >= 4 is 11.8 Å². The first kappa shape index (κ1) is 17.2. The van der Waals surface area contributed by atoms with E-state index in [0.29, 0.717) is 28.8 Å². The van der Waals surface area contributed by atoms with Crippen LogP contribution in [0, 0.1) is 0 Å². The molecule has 132 valence electrons. The Hall–Kier alpha value is -3.68. The summed E-state index contributed by atoms with van der Waals surface area (Å²) in [6.45, 7) is 3.44. The molecule has 0 bridgehead atoms. The summed E-state index contributed by atoms with van der Waals surface area (Å²) in [5, 5.41) is 15.6. The van der Waals surface area contributed by atoms with Crippen molar-refractivity contribution < 1.29 is 19.2 Å². The highest BCUT2D eigenvalue weighted by Crippen LogP contribution is 2.24. The number of hydrogen-bond donors (Lipinski definition) is 2. The van der Waals surface area contributed by atoms with Crippen LogP contribution in [0.2, 0.25) is 0 Å². The summed E-state index contributed by atoms with van der Waals surface area (Å²) < 4.78 is 10.8. The van der Waals surface area contributed by atoms with Crippen molar-refractivity contribution in [3.63, 3.8) is 0 Å². The number of aliphatic carboxylic acids is 1. The van der Waals surface area contributed by atoms with Gasteiger partial charge in [-0.15, -0.1) is 0 Å². The molecule has 0 amide bonds. The number of nitrogens with zero attached hydrogens (tertiary/aromatic N) is 3. The quantitative estimate of drug-likeness (QED) is 0.624. The largest absolute Gasteiger partial charge is 0.478 e. The fourth-order valence-electron chi connectivity index (χ4n) is 2.11. The number of pyridine rings is 1. The van der Waals surface area contributed by atoms with Crippen LogP contribution >= 0.6 is 0 Å². The molecule has 1 aromatic carbocycles. The van der Waals surface area contributed by atoms with Crippen molar-refractivity contribution in [3.05, 3.63) is 60.5 Å². The molecule has 0 unspecified atom stereocenters. The zero-order valence-corrected chi connectivity index (χ0v) is 14.0. The number of benzene rings is 1. The molecule has 0 saturated heterocycles. The average Bonchev–Trinajstić information content (AvgIpc) is 3.11. The smallest absolute Gasteiger partial charge is 0.331 e. The summed E-state index contributed by atoms with van der Waals surface area (Å²) in [5.41, 5.74) is 0.700. The third kappa shape index (κ3) is 4.04. The fraction of sp³-hybridized carbons (Fsp3) is 0.111. The standard InChI is InChI=1S/C18H16N4O4/c1-11(18(23)24)10-16-21-17(22-26-16)12-6-8-13(9-7-12)25-15-5-3-4-14(19-2)20-15/h3-9H,1,10H2,2H3,(H,19,20)(H,23,24). The minimum Gasteiger partial charge on any atom is -0.478 e. The molecule has 0 atom stereocenters. The van der Waals surface area contributed by atoms with E-state index < -0.39 is 5.97 Å². The minimum atomic E-state index is -1.10. The van der Waals surface area contributed by atoms with Gasteiger partial charge in [-0.25, -0.2) is 4.79 Å². The van der Waals surface area contributed by atoms with E-state index in [4.69, 9.17) is 14.4 Å². The molecule has 0 spiro atoms. The first-order chi connectivity index (χ1) is 12.5. The van der Waals surface area contributed by atoms with Crippen LogP contribution in [0.15, 0.2) is 59.1 Å². The Morgan fingerprint density at radius 3 is 2.69 bits per heavy atom. The van der Waals surface area contributed by atoms with Crippen molar-refractivity contribution in [2.75, 3.05) is 12.4 Å². The highest BCUT2D eigenvalue weighted by Gasteiger charge is 2.13. The van der Waals surface area contributed by atoms with Crippen molar-refractivity contribution in [3.8, 4) is 23.0 Å². The minimum absolute atomic E-state index is 0.00297.